The summed E-state index contributed by atoms with van der Waals surface area (Å²) in [6.45, 7) is 1.31. The van der Waals surface area contributed by atoms with Crippen molar-refractivity contribution < 1.29 is 17.9 Å². The Hall–Kier alpha value is -1.86. The standard InChI is InChI=1S/C18H18ClNO4S/c1-18(21,17-10-14-6-2-3-8-16(14)24-17)12-20-25(22,23)11-13-5-4-7-15(19)9-13/h2-10,20-21H,11-12H2,1H3. The summed E-state index contributed by atoms with van der Waals surface area (Å²) in [5.74, 6) is 0.0863. The molecule has 0 saturated carbocycles. The Morgan fingerprint density at radius 1 is 1.16 bits per heavy atom. The molecule has 3 rings (SSSR count). The van der Waals surface area contributed by atoms with E-state index in [0.717, 1.165) is 5.39 Å². The molecule has 1 aromatic heterocycles. The van der Waals surface area contributed by atoms with Gasteiger partial charge in [-0.1, -0.05) is 41.9 Å². The van der Waals surface area contributed by atoms with Gasteiger partial charge in [-0.3, -0.25) is 0 Å². The lowest BCUT2D eigenvalue weighted by molar-refractivity contribution is 0.0411. The van der Waals surface area contributed by atoms with Gasteiger partial charge in [0.2, 0.25) is 10.0 Å². The maximum atomic E-state index is 12.3. The second kappa shape index (κ2) is 6.80. The fourth-order valence-electron chi connectivity index (χ4n) is 2.48. The monoisotopic (exact) mass is 379 g/mol. The summed E-state index contributed by atoms with van der Waals surface area (Å²) in [4.78, 5) is 0. The first-order valence-electron chi connectivity index (χ1n) is 7.68. The number of fused-ring (bicyclic) bond motifs is 1. The first-order valence-corrected chi connectivity index (χ1v) is 9.71. The van der Waals surface area contributed by atoms with E-state index in [1.165, 1.54) is 6.92 Å². The molecule has 5 nitrogen and oxygen atoms in total. The Balaban J connectivity index is 1.72. The summed E-state index contributed by atoms with van der Waals surface area (Å²) in [6.07, 6.45) is 0. The fraction of sp³-hybridized carbons (Fsp3) is 0.222. The highest BCUT2D eigenvalue weighted by Crippen LogP contribution is 2.27. The number of sulfonamides is 1. The van der Waals surface area contributed by atoms with Gasteiger partial charge in [-0.15, -0.1) is 0 Å². The van der Waals surface area contributed by atoms with Crippen molar-refractivity contribution in [3.8, 4) is 0 Å². The summed E-state index contributed by atoms with van der Waals surface area (Å²) in [5.41, 5.74) is -0.261. The SMILES string of the molecule is CC(O)(CNS(=O)(=O)Cc1cccc(Cl)c1)c1cc2ccccc2o1. The minimum atomic E-state index is -3.63. The molecular weight excluding hydrogens is 362 g/mol. The van der Waals surface area contributed by atoms with Crippen LogP contribution in [0.3, 0.4) is 0 Å². The van der Waals surface area contributed by atoms with E-state index in [-0.39, 0.29) is 12.3 Å². The van der Waals surface area contributed by atoms with Crippen LogP contribution in [0.15, 0.2) is 59.0 Å². The van der Waals surface area contributed by atoms with Crippen molar-refractivity contribution >= 4 is 32.6 Å². The fourth-order valence-corrected chi connectivity index (χ4v) is 3.92. The maximum absolute atomic E-state index is 12.3. The number of hydrogen-bond donors (Lipinski definition) is 2. The average Bonchev–Trinajstić information content (AvgIpc) is 2.98. The third kappa shape index (κ3) is 4.41. The predicted molar refractivity (Wildman–Crippen MR) is 97.9 cm³/mol. The number of hydrogen-bond acceptors (Lipinski definition) is 4. The summed E-state index contributed by atoms with van der Waals surface area (Å²) in [5, 5.41) is 11.9. The van der Waals surface area contributed by atoms with Crippen molar-refractivity contribution in [2.24, 2.45) is 0 Å². The van der Waals surface area contributed by atoms with Crippen LogP contribution in [0.2, 0.25) is 5.02 Å². The number of nitrogens with one attached hydrogen (secondary N) is 1. The molecule has 0 saturated heterocycles. The van der Waals surface area contributed by atoms with Crippen LogP contribution in [0.5, 0.6) is 0 Å². The molecule has 0 fully saturated rings. The molecule has 0 radical (unpaired) electrons. The summed E-state index contributed by atoms with van der Waals surface area (Å²) >= 11 is 5.87. The third-order valence-electron chi connectivity index (χ3n) is 3.84. The second-order valence-electron chi connectivity index (χ2n) is 6.13. The molecule has 0 aliphatic heterocycles. The minimum Gasteiger partial charge on any atom is -0.458 e. The number of furan rings is 1. The Morgan fingerprint density at radius 2 is 1.92 bits per heavy atom. The van der Waals surface area contributed by atoms with E-state index in [4.69, 9.17) is 16.0 Å². The lowest BCUT2D eigenvalue weighted by Crippen LogP contribution is -2.38. The Labute approximate surface area is 151 Å². The molecule has 0 spiro atoms. The largest absolute Gasteiger partial charge is 0.458 e. The van der Waals surface area contributed by atoms with Crippen LogP contribution in [-0.2, 0) is 21.4 Å². The van der Waals surface area contributed by atoms with Gasteiger partial charge in [0.25, 0.3) is 0 Å². The molecule has 2 N–H and O–H groups in total. The molecule has 25 heavy (non-hydrogen) atoms. The van der Waals surface area contributed by atoms with E-state index in [9.17, 15) is 13.5 Å². The maximum Gasteiger partial charge on any atom is 0.215 e. The molecular formula is C18H18ClNO4S. The number of benzene rings is 2. The molecule has 0 bridgehead atoms. The van der Waals surface area contributed by atoms with Gasteiger partial charge in [0.15, 0.2) is 0 Å². The molecule has 2 aromatic carbocycles. The molecule has 0 amide bonds. The molecule has 0 aliphatic rings. The number of para-hydroxylation sites is 1. The zero-order valence-corrected chi connectivity index (χ0v) is 15.1. The van der Waals surface area contributed by atoms with Gasteiger partial charge in [-0.05, 0) is 36.8 Å². The topological polar surface area (TPSA) is 79.5 Å². The van der Waals surface area contributed by atoms with Crippen LogP contribution in [0.4, 0.5) is 0 Å². The summed E-state index contributed by atoms with van der Waals surface area (Å²) in [6, 6.07) is 15.7. The van der Waals surface area contributed by atoms with Gasteiger partial charge in [0.1, 0.15) is 16.9 Å². The molecule has 1 atom stereocenters. The van der Waals surface area contributed by atoms with Gasteiger partial charge >= 0.3 is 0 Å². The summed E-state index contributed by atoms with van der Waals surface area (Å²) < 4.78 is 32.6. The highest BCUT2D eigenvalue weighted by Gasteiger charge is 2.29. The van der Waals surface area contributed by atoms with Gasteiger partial charge in [-0.25, -0.2) is 13.1 Å². The van der Waals surface area contributed by atoms with Crippen molar-refractivity contribution in [2.75, 3.05) is 6.54 Å². The predicted octanol–water partition coefficient (Wildman–Crippen LogP) is 3.41. The van der Waals surface area contributed by atoms with E-state index in [1.54, 1.807) is 36.4 Å². The zero-order chi connectivity index (χ0) is 18.1. The molecule has 1 unspecified atom stereocenters. The zero-order valence-electron chi connectivity index (χ0n) is 13.6. The van der Waals surface area contributed by atoms with Gasteiger partial charge in [0.05, 0.1) is 5.75 Å². The average molecular weight is 380 g/mol. The molecule has 0 aliphatic carbocycles. The minimum absolute atomic E-state index is 0.199. The highest BCUT2D eigenvalue weighted by molar-refractivity contribution is 7.88. The van der Waals surface area contributed by atoms with E-state index < -0.39 is 15.6 Å². The normalized spacial score (nSPS) is 14.5. The van der Waals surface area contributed by atoms with E-state index in [1.807, 2.05) is 18.2 Å². The third-order valence-corrected chi connectivity index (χ3v) is 5.37. The van der Waals surface area contributed by atoms with Crippen LogP contribution in [0.25, 0.3) is 11.0 Å². The number of halogens is 1. The van der Waals surface area contributed by atoms with Crippen molar-refractivity contribution in [2.45, 2.75) is 18.3 Å². The van der Waals surface area contributed by atoms with Crippen LogP contribution < -0.4 is 4.72 Å². The number of aliphatic hydroxyl groups is 1. The lowest BCUT2D eigenvalue weighted by Gasteiger charge is -2.21. The van der Waals surface area contributed by atoms with Crippen molar-refractivity contribution in [3.05, 3.63) is 70.9 Å². The van der Waals surface area contributed by atoms with Gasteiger partial charge in [-0.2, -0.15) is 0 Å². The van der Waals surface area contributed by atoms with Crippen molar-refractivity contribution in [3.63, 3.8) is 0 Å². The van der Waals surface area contributed by atoms with E-state index in [2.05, 4.69) is 4.72 Å². The van der Waals surface area contributed by atoms with Gasteiger partial charge < -0.3 is 9.52 Å². The van der Waals surface area contributed by atoms with Crippen LogP contribution in [0.1, 0.15) is 18.2 Å². The summed E-state index contributed by atoms with van der Waals surface area (Å²) in [7, 11) is -3.63. The van der Waals surface area contributed by atoms with Crippen LogP contribution >= 0.6 is 11.6 Å². The first kappa shape index (κ1) is 17.9. The molecule has 3 aromatic rings. The smallest absolute Gasteiger partial charge is 0.215 e. The second-order valence-corrected chi connectivity index (χ2v) is 8.38. The lowest BCUT2D eigenvalue weighted by atomic mass is 10.0. The highest BCUT2D eigenvalue weighted by atomic mass is 35.5. The van der Waals surface area contributed by atoms with Crippen molar-refractivity contribution in [1.82, 2.24) is 4.72 Å². The molecule has 132 valence electrons. The van der Waals surface area contributed by atoms with E-state index in [0.29, 0.717) is 21.9 Å². The van der Waals surface area contributed by atoms with Gasteiger partial charge in [0, 0.05) is 17.0 Å². The Morgan fingerprint density at radius 3 is 2.64 bits per heavy atom. The van der Waals surface area contributed by atoms with E-state index >= 15 is 0 Å². The van der Waals surface area contributed by atoms with Crippen LogP contribution in [-0.4, -0.2) is 20.1 Å². The number of rotatable bonds is 6. The molecule has 1 heterocycles. The van der Waals surface area contributed by atoms with Crippen molar-refractivity contribution in [1.29, 1.82) is 0 Å². The Kier molecular flexibility index (Phi) is 4.88. The first-order chi connectivity index (χ1) is 11.8. The quantitative estimate of drug-likeness (QED) is 0.687. The molecule has 7 heteroatoms. The Bertz CT molecular complexity index is 962. The van der Waals surface area contributed by atoms with Crippen LogP contribution in [0, 0.1) is 0 Å².